The minimum absolute atomic E-state index is 0.00502. The number of nitrogens with zero attached hydrogens (tertiary/aromatic N) is 1. The van der Waals surface area contributed by atoms with Gasteiger partial charge in [-0.3, -0.25) is 19.3 Å². The Hall–Kier alpha value is -3.64. The number of likely N-dealkylation sites (N-methyl/N-ethyl adjacent to an activating group) is 1. The lowest BCUT2D eigenvalue weighted by atomic mass is 9.54. The zero-order valence-electron chi connectivity index (χ0n) is 24.5. The highest BCUT2D eigenvalue weighted by Crippen LogP contribution is 2.57. The smallest absolute Gasteiger partial charge is 0.255 e. The molecular weight excluding hydrogens is 572 g/mol. The summed E-state index contributed by atoms with van der Waals surface area (Å²) >= 11 is 1.44. The zero-order valence-corrected chi connectivity index (χ0v) is 25.3. The largest absolute Gasteiger partial charge is 0.508 e. The second-order valence-corrected chi connectivity index (χ2v) is 13.8. The number of fused-ring (bicyclic) bond motifs is 3. The van der Waals surface area contributed by atoms with Gasteiger partial charge in [0.25, 0.3) is 5.91 Å². The van der Waals surface area contributed by atoms with Gasteiger partial charge in [0.1, 0.15) is 22.8 Å². The lowest BCUT2D eigenvalue weighted by Crippen LogP contribution is -2.70. The van der Waals surface area contributed by atoms with Gasteiger partial charge in [-0.05, 0) is 37.2 Å². The lowest BCUT2D eigenvalue weighted by Gasteiger charge is -2.54. The minimum Gasteiger partial charge on any atom is -0.508 e. The van der Waals surface area contributed by atoms with Crippen LogP contribution in [0.4, 0.5) is 0 Å². The van der Waals surface area contributed by atoms with Crippen molar-refractivity contribution in [2.45, 2.75) is 54.7 Å². The number of nitrogens with two attached hydrogens (primary N) is 1. The van der Waals surface area contributed by atoms with E-state index in [1.807, 2.05) is 51.1 Å². The summed E-state index contributed by atoms with van der Waals surface area (Å²) in [6.07, 6.45) is -1.66. The number of aliphatic hydroxyl groups is 4. The van der Waals surface area contributed by atoms with E-state index >= 15 is 0 Å². The number of carbonyl (C=O) groups excluding carboxylic acids is 3. The molecule has 3 aliphatic rings. The molecule has 10 nitrogen and oxygen atoms in total. The molecule has 11 heteroatoms. The summed E-state index contributed by atoms with van der Waals surface area (Å²) in [5.41, 5.74) is 1.54. The Morgan fingerprint density at radius 3 is 2.23 bits per heavy atom. The molecule has 0 bridgehead atoms. The summed E-state index contributed by atoms with van der Waals surface area (Å²) in [6.45, 7) is 5.64. The second kappa shape index (κ2) is 10.5. The first-order valence-corrected chi connectivity index (χ1v) is 14.9. The third kappa shape index (κ3) is 4.48. The van der Waals surface area contributed by atoms with Crippen LogP contribution in [0.2, 0.25) is 0 Å². The van der Waals surface area contributed by atoms with Crippen molar-refractivity contribution in [1.29, 1.82) is 0 Å². The number of aromatic hydroxyl groups is 1. The van der Waals surface area contributed by atoms with E-state index in [0.717, 1.165) is 4.90 Å². The fraction of sp³-hybridized carbons (Fsp3) is 0.406. The number of aliphatic hydroxyl groups excluding tert-OH is 3. The van der Waals surface area contributed by atoms with E-state index in [2.05, 4.69) is 0 Å². The van der Waals surface area contributed by atoms with Crippen LogP contribution in [0.3, 0.4) is 0 Å². The van der Waals surface area contributed by atoms with Gasteiger partial charge >= 0.3 is 0 Å². The summed E-state index contributed by atoms with van der Waals surface area (Å²) in [7, 11) is 2.96. The standard InChI is InChI=1S/C32H36N2O8S/c1-31(2,3)17-12-11-15-16(13-43-14-9-7-6-8-10-14)18-20(25(36)19(15)24(17)35)28(39)32(42)22(26(18)37)23(34(4)5)27(38)21(29(32)40)30(33)41/h6-12,16,18,22-23,26,35-37,40,42H,13H2,1-5H3,(H2,33,41)/t16?,18?,22?,23-,26?,32-/m0/s1. The third-order valence-corrected chi connectivity index (χ3v) is 10.0. The first-order chi connectivity index (χ1) is 20.0. The number of carbonyl (C=O) groups is 3. The molecule has 0 aliphatic heterocycles. The van der Waals surface area contributed by atoms with E-state index in [1.54, 1.807) is 12.1 Å². The summed E-state index contributed by atoms with van der Waals surface area (Å²) in [6, 6.07) is 11.5. The summed E-state index contributed by atoms with van der Waals surface area (Å²) < 4.78 is 0. The summed E-state index contributed by atoms with van der Waals surface area (Å²) in [4.78, 5) is 42.4. The number of ketones is 2. The molecule has 6 atom stereocenters. The molecule has 3 aliphatic carbocycles. The number of hydrogen-bond acceptors (Lipinski definition) is 10. The first kappa shape index (κ1) is 30.8. The molecule has 2 aromatic carbocycles. The number of amides is 1. The normalized spacial score (nSPS) is 29.0. The van der Waals surface area contributed by atoms with Crippen molar-refractivity contribution in [3.63, 3.8) is 0 Å². The van der Waals surface area contributed by atoms with Crippen molar-refractivity contribution in [3.8, 4) is 5.75 Å². The minimum atomic E-state index is -2.96. The Morgan fingerprint density at radius 2 is 1.67 bits per heavy atom. The summed E-state index contributed by atoms with van der Waals surface area (Å²) in [5, 5.41) is 58.4. The Balaban J connectivity index is 1.80. The molecule has 0 aromatic heterocycles. The van der Waals surface area contributed by atoms with Gasteiger partial charge in [0.2, 0.25) is 5.78 Å². The maximum absolute atomic E-state index is 14.4. The van der Waals surface area contributed by atoms with E-state index in [-0.39, 0.29) is 17.1 Å². The SMILES string of the molecule is CN(C)[C@@H]1C(=O)C(C(N)=O)=C(O)[C@@]2(O)C(=O)C3=C(O)c4c(ccc(C(C)(C)C)c4O)C(CSc4ccccc4)C3C(O)C12. The Bertz CT molecular complexity index is 1590. The lowest BCUT2D eigenvalue weighted by molar-refractivity contribution is -0.169. The number of phenols is 1. The zero-order chi connectivity index (χ0) is 31.8. The summed E-state index contributed by atoms with van der Waals surface area (Å²) in [5.74, 6) is -8.76. The van der Waals surface area contributed by atoms with Crippen LogP contribution in [-0.2, 0) is 19.8 Å². The molecule has 0 heterocycles. The molecule has 1 amide bonds. The van der Waals surface area contributed by atoms with E-state index in [0.29, 0.717) is 11.1 Å². The molecule has 0 spiro atoms. The number of rotatable bonds is 5. The van der Waals surface area contributed by atoms with Gasteiger partial charge in [0, 0.05) is 33.6 Å². The van der Waals surface area contributed by atoms with Crippen molar-refractivity contribution < 1.29 is 39.9 Å². The number of benzene rings is 2. The van der Waals surface area contributed by atoms with E-state index in [1.165, 1.54) is 30.8 Å². The highest BCUT2D eigenvalue weighted by molar-refractivity contribution is 7.99. The predicted molar refractivity (Wildman–Crippen MR) is 161 cm³/mol. The van der Waals surface area contributed by atoms with Crippen molar-refractivity contribution in [3.05, 3.63) is 76.1 Å². The van der Waals surface area contributed by atoms with Gasteiger partial charge in [0.15, 0.2) is 11.4 Å². The Labute approximate surface area is 253 Å². The maximum atomic E-state index is 14.4. The average molecular weight is 609 g/mol. The van der Waals surface area contributed by atoms with Gasteiger partial charge in [0.05, 0.1) is 23.6 Å². The first-order valence-electron chi connectivity index (χ1n) is 13.9. The molecule has 2 aromatic rings. The van der Waals surface area contributed by atoms with E-state index < -0.39 is 81.1 Å². The molecule has 1 saturated carbocycles. The van der Waals surface area contributed by atoms with Crippen LogP contribution in [-0.4, -0.2) is 85.5 Å². The predicted octanol–water partition coefficient (Wildman–Crippen LogP) is 2.57. The van der Waals surface area contributed by atoms with Crippen LogP contribution in [0.15, 0.2) is 64.3 Å². The van der Waals surface area contributed by atoms with Gasteiger partial charge in [-0.1, -0.05) is 51.1 Å². The van der Waals surface area contributed by atoms with Crippen molar-refractivity contribution >= 4 is 35.0 Å². The van der Waals surface area contributed by atoms with E-state index in [9.17, 15) is 39.9 Å². The van der Waals surface area contributed by atoms with Crippen LogP contribution < -0.4 is 5.73 Å². The van der Waals surface area contributed by atoms with Crippen LogP contribution in [0.1, 0.15) is 43.4 Å². The highest BCUT2D eigenvalue weighted by Gasteiger charge is 2.68. The van der Waals surface area contributed by atoms with Crippen LogP contribution in [0, 0.1) is 11.8 Å². The van der Waals surface area contributed by atoms with Crippen LogP contribution in [0.5, 0.6) is 5.75 Å². The molecule has 0 radical (unpaired) electrons. The Morgan fingerprint density at radius 1 is 1.05 bits per heavy atom. The molecule has 7 N–H and O–H groups in total. The molecule has 43 heavy (non-hydrogen) atoms. The highest BCUT2D eigenvalue weighted by atomic mass is 32.2. The number of thioether (sulfide) groups is 1. The third-order valence-electron chi connectivity index (χ3n) is 8.91. The van der Waals surface area contributed by atoms with Gasteiger partial charge in [-0.2, -0.15) is 0 Å². The van der Waals surface area contributed by atoms with Gasteiger partial charge in [-0.15, -0.1) is 11.8 Å². The average Bonchev–Trinajstić information content (AvgIpc) is 2.92. The van der Waals surface area contributed by atoms with E-state index in [4.69, 9.17) is 5.73 Å². The molecule has 228 valence electrons. The molecule has 0 saturated heterocycles. The fourth-order valence-corrected chi connectivity index (χ4v) is 8.05. The Kier molecular flexibility index (Phi) is 7.53. The van der Waals surface area contributed by atoms with Crippen LogP contribution >= 0.6 is 11.8 Å². The molecule has 4 unspecified atom stereocenters. The molecule has 1 fully saturated rings. The molecular formula is C32H36N2O8S. The van der Waals surface area contributed by atoms with Crippen molar-refractivity contribution in [2.75, 3.05) is 19.8 Å². The quantitative estimate of drug-likeness (QED) is 0.218. The fourth-order valence-electron chi connectivity index (χ4n) is 6.94. The number of hydrogen-bond donors (Lipinski definition) is 6. The second-order valence-electron chi connectivity index (χ2n) is 12.7. The molecule has 5 rings (SSSR count). The monoisotopic (exact) mass is 608 g/mol. The van der Waals surface area contributed by atoms with Crippen molar-refractivity contribution in [1.82, 2.24) is 4.90 Å². The van der Waals surface area contributed by atoms with Gasteiger partial charge < -0.3 is 31.3 Å². The van der Waals surface area contributed by atoms with Gasteiger partial charge in [-0.25, -0.2) is 0 Å². The van der Waals surface area contributed by atoms with Crippen molar-refractivity contribution in [2.24, 2.45) is 17.6 Å². The van der Waals surface area contributed by atoms with Crippen LogP contribution in [0.25, 0.3) is 5.76 Å². The number of phenolic OH excluding ortho intramolecular Hbond substituents is 1. The topological polar surface area (TPSA) is 182 Å². The maximum Gasteiger partial charge on any atom is 0.255 e. The number of primary amides is 1. The number of Topliss-reactive ketones (excluding diaryl/α,β-unsaturated/α-hetero) is 2.